The molecule has 0 heterocycles. The van der Waals surface area contributed by atoms with E-state index in [2.05, 4.69) is 23.9 Å². The van der Waals surface area contributed by atoms with Gasteiger partial charge in [0.05, 0.1) is 4.90 Å². The monoisotopic (exact) mass is 346 g/mol. The van der Waals surface area contributed by atoms with Crippen LogP contribution in [0.4, 0.5) is 5.69 Å². The normalized spacial score (nSPS) is 11.3. The van der Waals surface area contributed by atoms with Gasteiger partial charge in [0.25, 0.3) is 15.9 Å². The van der Waals surface area contributed by atoms with E-state index in [0.29, 0.717) is 23.7 Å². The van der Waals surface area contributed by atoms with Crippen molar-refractivity contribution in [3.05, 3.63) is 60.2 Å². The summed E-state index contributed by atoms with van der Waals surface area (Å²) in [7, 11) is -3.67. The summed E-state index contributed by atoms with van der Waals surface area (Å²) in [5.74, 6) is 0.297. The molecule has 24 heavy (non-hydrogen) atoms. The van der Waals surface area contributed by atoms with Crippen LogP contribution >= 0.6 is 0 Å². The van der Waals surface area contributed by atoms with E-state index >= 15 is 0 Å². The van der Waals surface area contributed by atoms with Crippen molar-refractivity contribution >= 4 is 21.6 Å². The molecule has 0 aliphatic heterocycles. The van der Waals surface area contributed by atoms with Gasteiger partial charge in [-0.3, -0.25) is 9.52 Å². The molecule has 6 heteroatoms. The van der Waals surface area contributed by atoms with Crippen molar-refractivity contribution in [2.75, 3.05) is 11.3 Å². The molecule has 0 spiro atoms. The minimum atomic E-state index is -3.67. The van der Waals surface area contributed by atoms with Crippen LogP contribution in [0.5, 0.6) is 0 Å². The lowest BCUT2D eigenvalue weighted by molar-refractivity contribution is 0.0952. The van der Waals surface area contributed by atoms with Crippen LogP contribution in [0.2, 0.25) is 0 Å². The van der Waals surface area contributed by atoms with Gasteiger partial charge in [-0.1, -0.05) is 38.1 Å². The number of rotatable bonds is 7. The van der Waals surface area contributed by atoms with E-state index in [-0.39, 0.29) is 10.8 Å². The summed E-state index contributed by atoms with van der Waals surface area (Å²) in [6.07, 6.45) is 0.895. The zero-order valence-electron chi connectivity index (χ0n) is 13.8. The maximum Gasteiger partial charge on any atom is 0.261 e. The van der Waals surface area contributed by atoms with E-state index in [4.69, 9.17) is 0 Å². The third kappa shape index (κ3) is 5.09. The van der Waals surface area contributed by atoms with Gasteiger partial charge in [0.15, 0.2) is 0 Å². The number of hydrogen-bond acceptors (Lipinski definition) is 3. The first-order chi connectivity index (χ1) is 11.4. The van der Waals surface area contributed by atoms with Gasteiger partial charge in [0.1, 0.15) is 0 Å². The Bertz CT molecular complexity index is 787. The minimum absolute atomic E-state index is 0.178. The van der Waals surface area contributed by atoms with E-state index in [1.54, 1.807) is 36.4 Å². The maximum atomic E-state index is 12.3. The van der Waals surface area contributed by atoms with Gasteiger partial charge in [0, 0.05) is 17.8 Å². The van der Waals surface area contributed by atoms with Crippen molar-refractivity contribution in [1.29, 1.82) is 0 Å². The average Bonchev–Trinajstić information content (AvgIpc) is 2.55. The predicted molar refractivity (Wildman–Crippen MR) is 95.5 cm³/mol. The number of benzene rings is 2. The van der Waals surface area contributed by atoms with Gasteiger partial charge < -0.3 is 5.32 Å². The van der Waals surface area contributed by atoms with Gasteiger partial charge in [-0.2, -0.15) is 0 Å². The van der Waals surface area contributed by atoms with Crippen LogP contribution < -0.4 is 10.0 Å². The molecule has 0 radical (unpaired) electrons. The highest BCUT2D eigenvalue weighted by molar-refractivity contribution is 7.92. The standard InChI is InChI=1S/C18H22N2O3S/c1-14(2)11-12-19-18(21)15-7-6-8-16(13-15)20-24(22,23)17-9-4-3-5-10-17/h3-10,13-14,20H,11-12H2,1-2H3,(H,19,21). The summed E-state index contributed by atoms with van der Waals surface area (Å²) in [6.45, 7) is 4.77. The third-order valence-corrected chi connectivity index (χ3v) is 4.83. The van der Waals surface area contributed by atoms with Crippen LogP contribution in [0, 0.1) is 5.92 Å². The van der Waals surface area contributed by atoms with Gasteiger partial charge in [0.2, 0.25) is 0 Å². The number of amides is 1. The van der Waals surface area contributed by atoms with E-state index in [9.17, 15) is 13.2 Å². The third-order valence-electron chi connectivity index (χ3n) is 3.44. The van der Waals surface area contributed by atoms with Crippen molar-refractivity contribution in [2.45, 2.75) is 25.2 Å². The first-order valence-corrected chi connectivity index (χ1v) is 9.33. The quantitative estimate of drug-likeness (QED) is 0.808. The molecule has 0 unspecified atom stereocenters. The zero-order chi connectivity index (χ0) is 17.6. The summed E-state index contributed by atoms with van der Waals surface area (Å²) in [5.41, 5.74) is 0.780. The fourth-order valence-corrected chi connectivity index (χ4v) is 3.18. The molecule has 1 amide bonds. The number of nitrogens with one attached hydrogen (secondary N) is 2. The number of carbonyl (C=O) groups excluding carboxylic acids is 1. The second-order valence-corrected chi connectivity index (χ2v) is 7.62. The summed E-state index contributed by atoms with van der Waals surface area (Å²) in [4.78, 5) is 12.3. The lowest BCUT2D eigenvalue weighted by atomic mass is 10.1. The highest BCUT2D eigenvalue weighted by Crippen LogP contribution is 2.17. The summed E-state index contributed by atoms with van der Waals surface area (Å²) >= 11 is 0. The maximum absolute atomic E-state index is 12.3. The summed E-state index contributed by atoms with van der Waals surface area (Å²) in [5, 5.41) is 2.84. The van der Waals surface area contributed by atoms with Crippen LogP contribution in [0.1, 0.15) is 30.6 Å². The molecule has 0 saturated carbocycles. The highest BCUT2D eigenvalue weighted by atomic mass is 32.2. The molecule has 2 aromatic rings. The SMILES string of the molecule is CC(C)CCNC(=O)c1cccc(NS(=O)(=O)c2ccccc2)c1. The van der Waals surface area contributed by atoms with E-state index in [1.807, 2.05) is 0 Å². The van der Waals surface area contributed by atoms with E-state index < -0.39 is 10.0 Å². The fraction of sp³-hybridized carbons (Fsp3) is 0.278. The summed E-state index contributed by atoms with van der Waals surface area (Å²) in [6, 6.07) is 14.6. The van der Waals surface area contributed by atoms with Crippen LogP contribution in [-0.4, -0.2) is 20.9 Å². The smallest absolute Gasteiger partial charge is 0.261 e. The lowest BCUT2D eigenvalue weighted by Gasteiger charge is -2.10. The van der Waals surface area contributed by atoms with Crippen LogP contribution in [0.15, 0.2) is 59.5 Å². The van der Waals surface area contributed by atoms with E-state index in [0.717, 1.165) is 6.42 Å². The molecule has 2 N–H and O–H groups in total. The Morgan fingerprint density at radius 1 is 1.04 bits per heavy atom. The Morgan fingerprint density at radius 3 is 2.42 bits per heavy atom. The molecule has 0 fully saturated rings. The largest absolute Gasteiger partial charge is 0.352 e. The molecule has 2 rings (SSSR count). The number of hydrogen-bond donors (Lipinski definition) is 2. The Hall–Kier alpha value is -2.34. The Labute approximate surface area is 143 Å². The van der Waals surface area contributed by atoms with Crippen molar-refractivity contribution in [3.8, 4) is 0 Å². The average molecular weight is 346 g/mol. The predicted octanol–water partition coefficient (Wildman–Crippen LogP) is 3.26. The van der Waals surface area contributed by atoms with Crippen LogP contribution in [0.3, 0.4) is 0 Å². The molecule has 0 saturated heterocycles. The first kappa shape index (κ1) is 18.0. The second kappa shape index (κ2) is 7.97. The molecule has 128 valence electrons. The van der Waals surface area contributed by atoms with Gasteiger partial charge in [-0.25, -0.2) is 8.42 Å². The molecule has 0 atom stereocenters. The topological polar surface area (TPSA) is 75.3 Å². The van der Waals surface area contributed by atoms with Crippen LogP contribution in [-0.2, 0) is 10.0 Å². The van der Waals surface area contributed by atoms with Crippen molar-refractivity contribution in [2.24, 2.45) is 5.92 Å². The molecule has 0 aliphatic carbocycles. The number of anilines is 1. The molecular weight excluding hydrogens is 324 g/mol. The van der Waals surface area contributed by atoms with Gasteiger partial charge in [-0.15, -0.1) is 0 Å². The molecule has 2 aromatic carbocycles. The molecule has 0 bridgehead atoms. The molecule has 0 aliphatic rings. The van der Waals surface area contributed by atoms with E-state index in [1.165, 1.54) is 18.2 Å². The van der Waals surface area contributed by atoms with Crippen molar-refractivity contribution in [1.82, 2.24) is 5.32 Å². The second-order valence-electron chi connectivity index (χ2n) is 5.94. The van der Waals surface area contributed by atoms with Crippen LogP contribution in [0.25, 0.3) is 0 Å². The Morgan fingerprint density at radius 2 is 1.75 bits per heavy atom. The summed E-state index contributed by atoms with van der Waals surface area (Å²) < 4.78 is 27.1. The minimum Gasteiger partial charge on any atom is -0.352 e. The number of carbonyl (C=O) groups is 1. The molecular formula is C18H22N2O3S. The number of sulfonamides is 1. The highest BCUT2D eigenvalue weighted by Gasteiger charge is 2.14. The molecule has 0 aromatic heterocycles. The lowest BCUT2D eigenvalue weighted by Crippen LogP contribution is -2.25. The van der Waals surface area contributed by atoms with Gasteiger partial charge >= 0.3 is 0 Å². The first-order valence-electron chi connectivity index (χ1n) is 7.84. The van der Waals surface area contributed by atoms with Gasteiger partial charge in [-0.05, 0) is 42.7 Å². The molecule has 5 nitrogen and oxygen atoms in total. The zero-order valence-corrected chi connectivity index (χ0v) is 14.6. The van der Waals surface area contributed by atoms with Crippen molar-refractivity contribution in [3.63, 3.8) is 0 Å². The van der Waals surface area contributed by atoms with Crippen molar-refractivity contribution < 1.29 is 13.2 Å². The Balaban J connectivity index is 2.09. The fourth-order valence-electron chi connectivity index (χ4n) is 2.11. The Kier molecular flexibility index (Phi) is 5.98.